The molecule has 1 N–H and O–H groups in total. The number of hydrogen-bond donors (Lipinski definition) is 1. The molecule has 0 saturated carbocycles. The number of amides is 1. The maximum Gasteiger partial charge on any atom is 0.254 e. The Balaban J connectivity index is 1.72. The Morgan fingerprint density at radius 3 is 2.44 bits per heavy atom. The van der Waals surface area contributed by atoms with Crippen LogP contribution in [0.4, 0.5) is 10.1 Å². The second-order valence-electron chi connectivity index (χ2n) is 5.66. The van der Waals surface area contributed by atoms with Gasteiger partial charge in [-0.05, 0) is 43.3 Å². The van der Waals surface area contributed by atoms with Crippen LogP contribution in [0.5, 0.6) is 0 Å². The van der Waals surface area contributed by atoms with Crippen molar-refractivity contribution in [2.45, 2.75) is 13.5 Å². The summed E-state index contributed by atoms with van der Waals surface area (Å²) in [4.78, 5) is 28.4. The molecule has 0 aliphatic carbocycles. The third-order valence-corrected chi connectivity index (χ3v) is 3.67. The summed E-state index contributed by atoms with van der Waals surface area (Å²) >= 11 is 0. The van der Waals surface area contributed by atoms with Crippen molar-refractivity contribution >= 4 is 11.6 Å². The summed E-state index contributed by atoms with van der Waals surface area (Å²) in [5.74, 6) is -0.674. The van der Waals surface area contributed by atoms with E-state index in [1.807, 2.05) is 19.1 Å². The Bertz CT molecular complexity index is 948. The molecular formula is C19H16FN3O2. The minimum absolute atomic E-state index is 0.136. The minimum Gasteiger partial charge on any atom is -0.325 e. The second-order valence-corrected chi connectivity index (χ2v) is 5.66. The number of aryl methyl sites for hydroxylation is 1. The van der Waals surface area contributed by atoms with Crippen LogP contribution in [0.1, 0.15) is 5.56 Å². The highest BCUT2D eigenvalue weighted by atomic mass is 19.1. The lowest BCUT2D eigenvalue weighted by molar-refractivity contribution is -0.116. The normalized spacial score (nSPS) is 10.5. The van der Waals surface area contributed by atoms with Gasteiger partial charge in [-0.3, -0.25) is 14.2 Å². The molecule has 0 fully saturated rings. The Kier molecular flexibility index (Phi) is 4.70. The SMILES string of the molecule is Cc1ccc(NC(=O)Cn2cnc(-c3ccc(F)cc3)cc2=O)cc1. The molecule has 0 atom stereocenters. The molecule has 0 spiro atoms. The summed E-state index contributed by atoms with van der Waals surface area (Å²) in [7, 11) is 0. The van der Waals surface area contributed by atoms with Crippen LogP contribution in [0.25, 0.3) is 11.3 Å². The molecule has 3 rings (SSSR count). The maximum absolute atomic E-state index is 13.0. The molecule has 2 aromatic carbocycles. The van der Waals surface area contributed by atoms with Gasteiger partial charge >= 0.3 is 0 Å². The van der Waals surface area contributed by atoms with E-state index in [1.165, 1.54) is 29.1 Å². The van der Waals surface area contributed by atoms with Crippen molar-refractivity contribution in [2.75, 3.05) is 5.32 Å². The highest BCUT2D eigenvalue weighted by Gasteiger charge is 2.08. The highest BCUT2D eigenvalue weighted by Crippen LogP contribution is 2.15. The van der Waals surface area contributed by atoms with Gasteiger partial charge in [-0.25, -0.2) is 9.37 Å². The Morgan fingerprint density at radius 1 is 1.12 bits per heavy atom. The van der Waals surface area contributed by atoms with Crippen molar-refractivity contribution in [3.05, 3.63) is 82.7 Å². The van der Waals surface area contributed by atoms with Crippen molar-refractivity contribution in [3.63, 3.8) is 0 Å². The van der Waals surface area contributed by atoms with E-state index in [0.29, 0.717) is 16.9 Å². The molecular weight excluding hydrogens is 321 g/mol. The summed E-state index contributed by atoms with van der Waals surface area (Å²) in [5.41, 5.74) is 2.47. The smallest absolute Gasteiger partial charge is 0.254 e. The molecule has 0 bridgehead atoms. The number of nitrogens with zero attached hydrogens (tertiary/aromatic N) is 2. The zero-order valence-electron chi connectivity index (χ0n) is 13.6. The number of carbonyl (C=O) groups is 1. The van der Waals surface area contributed by atoms with E-state index in [0.717, 1.165) is 5.56 Å². The van der Waals surface area contributed by atoms with Crippen molar-refractivity contribution in [3.8, 4) is 11.3 Å². The first kappa shape index (κ1) is 16.6. The Morgan fingerprint density at radius 2 is 1.80 bits per heavy atom. The van der Waals surface area contributed by atoms with E-state index in [2.05, 4.69) is 10.3 Å². The van der Waals surface area contributed by atoms with Crippen molar-refractivity contribution in [1.82, 2.24) is 9.55 Å². The fraction of sp³-hybridized carbons (Fsp3) is 0.105. The third kappa shape index (κ3) is 4.17. The van der Waals surface area contributed by atoms with Gasteiger partial charge < -0.3 is 5.32 Å². The average molecular weight is 337 g/mol. The predicted molar refractivity (Wildman–Crippen MR) is 93.7 cm³/mol. The number of nitrogens with one attached hydrogen (secondary N) is 1. The molecule has 3 aromatic rings. The van der Waals surface area contributed by atoms with Gasteiger partial charge in [-0.1, -0.05) is 17.7 Å². The van der Waals surface area contributed by atoms with Crippen molar-refractivity contribution in [2.24, 2.45) is 0 Å². The first-order chi connectivity index (χ1) is 12.0. The molecule has 1 heterocycles. The summed E-state index contributed by atoms with van der Waals surface area (Å²) in [5, 5.41) is 2.73. The van der Waals surface area contributed by atoms with Crippen LogP contribution < -0.4 is 10.9 Å². The van der Waals surface area contributed by atoms with Gasteiger partial charge in [0.15, 0.2) is 0 Å². The van der Waals surface area contributed by atoms with E-state index in [4.69, 9.17) is 0 Å². The van der Waals surface area contributed by atoms with E-state index in [1.54, 1.807) is 24.3 Å². The van der Waals surface area contributed by atoms with Crippen LogP contribution in [-0.2, 0) is 11.3 Å². The van der Waals surface area contributed by atoms with E-state index in [9.17, 15) is 14.0 Å². The van der Waals surface area contributed by atoms with Gasteiger partial charge in [-0.2, -0.15) is 0 Å². The number of rotatable bonds is 4. The number of anilines is 1. The van der Waals surface area contributed by atoms with Crippen LogP contribution in [0.2, 0.25) is 0 Å². The molecule has 126 valence electrons. The van der Waals surface area contributed by atoms with Crippen LogP contribution in [-0.4, -0.2) is 15.5 Å². The summed E-state index contributed by atoms with van der Waals surface area (Å²) in [6.45, 7) is 1.82. The van der Waals surface area contributed by atoms with E-state index >= 15 is 0 Å². The van der Waals surface area contributed by atoms with Gasteiger partial charge in [0.25, 0.3) is 5.56 Å². The number of carbonyl (C=O) groups excluding carboxylic acids is 1. The zero-order chi connectivity index (χ0) is 17.8. The maximum atomic E-state index is 13.0. The average Bonchev–Trinajstić information content (AvgIpc) is 2.59. The van der Waals surface area contributed by atoms with Gasteiger partial charge in [-0.15, -0.1) is 0 Å². The second kappa shape index (κ2) is 7.09. The molecule has 25 heavy (non-hydrogen) atoms. The molecule has 6 heteroatoms. The fourth-order valence-electron chi connectivity index (χ4n) is 2.32. The van der Waals surface area contributed by atoms with Crippen LogP contribution in [0, 0.1) is 12.7 Å². The lowest BCUT2D eigenvalue weighted by atomic mass is 10.1. The summed E-state index contributed by atoms with van der Waals surface area (Å²) < 4.78 is 14.2. The first-order valence-electron chi connectivity index (χ1n) is 7.70. The predicted octanol–water partition coefficient (Wildman–Crippen LogP) is 3.00. The highest BCUT2D eigenvalue weighted by molar-refractivity contribution is 5.90. The van der Waals surface area contributed by atoms with Crippen LogP contribution in [0.15, 0.2) is 65.7 Å². The third-order valence-electron chi connectivity index (χ3n) is 3.67. The van der Waals surface area contributed by atoms with E-state index < -0.39 is 0 Å². The molecule has 0 radical (unpaired) electrons. The Hall–Kier alpha value is -3.28. The lowest BCUT2D eigenvalue weighted by Gasteiger charge is -2.08. The van der Waals surface area contributed by atoms with Gasteiger partial charge in [0, 0.05) is 17.3 Å². The minimum atomic E-state index is -0.357. The standard InChI is InChI=1S/C19H16FN3O2/c1-13-2-8-16(9-3-13)22-18(24)11-23-12-21-17(10-19(23)25)14-4-6-15(20)7-5-14/h2-10,12H,11H2,1H3,(H,22,24). The molecule has 1 amide bonds. The number of hydrogen-bond acceptors (Lipinski definition) is 3. The van der Waals surface area contributed by atoms with Crippen molar-refractivity contribution < 1.29 is 9.18 Å². The number of benzene rings is 2. The summed E-state index contributed by atoms with van der Waals surface area (Å²) in [6.07, 6.45) is 1.32. The van der Waals surface area contributed by atoms with Gasteiger partial charge in [0.2, 0.25) is 5.91 Å². The molecule has 0 saturated heterocycles. The molecule has 5 nitrogen and oxygen atoms in total. The first-order valence-corrected chi connectivity index (χ1v) is 7.70. The molecule has 0 unspecified atom stereocenters. The number of halogens is 1. The fourth-order valence-corrected chi connectivity index (χ4v) is 2.32. The van der Waals surface area contributed by atoms with Crippen molar-refractivity contribution in [1.29, 1.82) is 0 Å². The van der Waals surface area contributed by atoms with E-state index in [-0.39, 0.29) is 23.8 Å². The van der Waals surface area contributed by atoms with Gasteiger partial charge in [0.05, 0.1) is 12.0 Å². The molecule has 0 aliphatic rings. The largest absolute Gasteiger partial charge is 0.325 e. The topological polar surface area (TPSA) is 64.0 Å². The van der Waals surface area contributed by atoms with Gasteiger partial charge in [0.1, 0.15) is 12.4 Å². The molecule has 0 aliphatic heterocycles. The van der Waals surface area contributed by atoms with Crippen LogP contribution in [0.3, 0.4) is 0 Å². The lowest BCUT2D eigenvalue weighted by Crippen LogP contribution is -2.27. The number of aromatic nitrogens is 2. The van der Waals surface area contributed by atoms with Crippen LogP contribution >= 0.6 is 0 Å². The summed E-state index contributed by atoms with van der Waals surface area (Å²) in [6, 6.07) is 14.4. The quantitative estimate of drug-likeness (QED) is 0.796. The monoisotopic (exact) mass is 337 g/mol. The zero-order valence-corrected chi connectivity index (χ0v) is 13.6. The Labute approximate surface area is 143 Å². The molecule has 1 aromatic heterocycles.